The Kier molecular flexibility index (Phi) is 7.33. The molecule has 0 aliphatic heterocycles. The third-order valence-corrected chi connectivity index (χ3v) is 4.32. The molecule has 0 aliphatic carbocycles. The summed E-state index contributed by atoms with van der Waals surface area (Å²) in [5.41, 5.74) is 1.92. The van der Waals surface area contributed by atoms with Crippen LogP contribution >= 0.6 is 0 Å². The summed E-state index contributed by atoms with van der Waals surface area (Å²) in [7, 11) is 0. The van der Waals surface area contributed by atoms with E-state index in [9.17, 15) is 14.0 Å². The van der Waals surface area contributed by atoms with Crippen LogP contribution in [0, 0.1) is 5.82 Å². The van der Waals surface area contributed by atoms with Crippen molar-refractivity contribution in [3.63, 3.8) is 0 Å². The van der Waals surface area contributed by atoms with Crippen molar-refractivity contribution < 1.29 is 14.0 Å². The van der Waals surface area contributed by atoms with Crippen LogP contribution in [0.4, 0.5) is 4.39 Å². The summed E-state index contributed by atoms with van der Waals surface area (Å²) in [4.78, 5) is 26.2. The summed E-state index contributed by atoms with van der Waals surface area (Å²) in [5, 5.41) is 2.77. The first-order valence-electron chi connectivity index (χ1n) is 8.83. The Morgan fingerprint density at radius 3 is 2.35 bits per heavy atom. The summed E-state index contributed by atoms with van der Waals surface area (Å²) in [6, 6.07) is 15.8. The first kappa shape index (κ1) is 19.6. The van der Waals surface area contributed by atoms with E-state index in [0.717, 1.165) is 11.1 Å². The van der Waals surface area contributed by atoms with Gasteiger partial charge in [-0.3, -0.25) is 9.59 Å². The highest BCUT2D eigenvalue weighted by Crippen LogP contribution is 2.19. The number of hydrogen-bond donors (Lipinski definition) is 1. The molecule has 2 amide bonds. The monoisotopic (exact) mass is 356 g/mol. The molecule has 0 radical (unpaired) electrons. The fraction of sp³-hybridized carbons (Fsp3) is 0.333. The standard InChI is InChI=1S/C21H25FN2O2/c1-3-24(21(26)13-16(2)18-7-5-4-6-8-18)15-20(25)23-14-17-9-11-19(22)12-10-17/h4-12,16H,3,13-15H2,1-2H3,(H,23,25). The van der Waals surface area contributed by atoms with E-state index in [0.29, 0.717) is 19.5 Å². The van der Waals surface area contributed by atoms with Gasteiger partial charge < -0.3 is 10.2 Å². The molecule has 4 nitrogen and oxygen atoms in total. The van der Waals surface area contributed by atoms with Crippen LogP contribution in [0.15, 0.2) is 54.6 Å². The van der Waals surface area contributed by atoms with Crippen molar-refractivity contribution >= 4 is 11.8 Å². The molecule has 0 fully saturated rings. The molecule has 0 saturated carbocycles. The van der Waals surface area contributed by atoms with Crippen LogP contribution in [-0.4, -0.2) is 29.8 Å². The molecule has 2 rings (SSSR count). The Bertz CT molecular complexity index is 717. The highest BCUT2D eigenvalue weighted by molar-refractivity contribution is 5.85. The molecule has 2 aromatic carbocycles. The van der Waals surface area contributed by atoms with Crippen LogP contribution in [0.5, 0.6) is 0 Å². The SMILES string of the molecule is CCN(CC(=O)NCc1ccc(F)cc1)C(=O)CC(C)c1ccccc1. The lowest BCUT2D eigenvalue weighted by molar-refractivity contribution is -0.136. The van der Waals surface area contributed by atoms with Gasteiger partial charge in [0, 0.05) is 19.5 Å². The van der Waals surface area contributed by atoms with Gasteiger partial charge in [-0.15, -0.1) is 0 Å². The molecular formula is C21H25FN2O2. The lowest BCUT2D eigenvalue weighted by Crippen LogP contribution is -2.40. The highest BCUT2D eigenvalue weighted by Gasteiger charge is 2.18. The predicted molar refractivity (Wildman–Crippen MR) is 100.0 cm³/mol. The van der Waals surface area contributed by atoms with Crippen molar-refractivity contribution in [1.29, 1.82) is 0 Å². The van der Waals surface area contributed by atoms with Crippen LogP contribution in [0.1, 0.15) is 37.3 Å². The number of halogens is 1. The third kappa shape index (κ3) is 5.99. The topological polar surface area (TPSA) is 49.4 Å². The van der Waals surface area contributed by atoms with Crippen molar-refractivity contribution in [1.82, 2.24) is 10.2 Å². The van der Waals surface area contributed by atoms with Crippen molar-refractivity contribution in [3.05, 3.63) is 71.5 Å². The molecule has 1 atom stereocenters. The van der Waals surface area contributed by atoms with E-state index >= 15 is 0 Å². The average Bonchev–Trinajstić information content (AvgIpc) is 2.66. The number of benzene rings is 2. The second kappa shape index (κ2) is 9.70. The highest BCUT2D eigenvalue weighted by atomic mass is 19.1. The zero-order chi connectivity index (χ0) is 18.9. The third-order valence-electron chi connectivity index (χ3n) is 4.32. The van der Waals surface area contributed by atoms with E-state index in [-0.39, 0.29) is 30.1 Å². The quantitative estimate of drug-likeness (QED) is 0.787. The van der Waals surface area contributed by atoms with Gasteiger partial charge in [0.05, 0.1) is 6.54 Å². The number of amides is 2. The Morgan fingerprint density at radius 2 is 1.73 bits per heavy atom. The van der Waals surface area contributed by atoms with Gasteiger partial charge in [0.1, 0.15) is 5.82 Å². The molecule has 138 valence electrons. The minimum Gasteiger partial charge on any atom is -0.350 e. The van der Waals surface area contributed by atoms with Gasteiger partial charge in [0.15, 0.2) is 0 Å². The number of hydrogen-bond acceptors (Lipinski definition) is 2. The zero-order valence-corrected chi connectivity index (χ0v) is 15.2. The molecule has 26 heavy (non-hydrogen) atoms. The van der Waals surface area contributed by atoms with Crippen molar-refractivity contribution in [3.8, 4) is 0 Å². The minimum absolute atomic E-state index is 0.0258. The molecule has 0 aliphatic rings. The minimum atomic E-state index is -0.310. The lowest BCUT2D eigenvalue weighted by atomic mass is 9.97. The lowest BCUT2D eigenvalue weighted by Gasteiger charge is -2.22. The smallest absolute Gasteiger partial charge is 0.239 e. The average molecular weight is 356 g/mol. The zero-order valence-electron chi connectivity index (χ0n) is 15.2. The number of carbonyl (C=O) groups is 2. The Labute approximate surface area is 154 Å². The molecule has 0 spiro atoms. The molecule has 5 heteroatoms. The van der Waals surface area contributed by atoms with E-state index in [4.69, 9.17) is 0 Å². The first-order chi connectivity index (χ1) is 12.5. The van der Waals surface area contributed by atoms with Crippen LogP contribution in [0.25, 0.3) is 0 Å². The van der Waals surface area contributed by atoms with Gasteiger partial charge in [0.25, 0.3) is 0 Å². The molecule has 0 bridgehead atoms. The number of nitrogens with zero attached hydrogens (tertiary/aromatic N) is 1. The fourth-order valence-corrected chi connectivity index (χ4v) is 2.70. The Morgan fingerprint density at radius 1 is 1.08 bits per heavy atom. The van der Waals surface area contributed by atoms with Gasteiger partial charge in [-0.05, 0) is 36.1 Å². The van der Waals surface area contributed by atoms with Crippen molar-refractivity contribution in [2.45, 2.75) is 32.7 Å². The van der Waals surface area contributed by atoms with E-state index in [1.54, 1.807) is 17.0 Å². The Hall–Kier alpha value is -2.69. The molecular weight excluding hydrogens is 331 g/mol. The summed E-state index contributed by atoms with van der Waals surface area (Å²) >= 11 is 0. The van der Waals surface area contributed by atoms with Gasteiger partial charge in [0.2, 0.25) is 11.8 Å². The Balaban J connectivity index is 1.83. The molecule has 2 aromatic rings. The summed E-state index contributed by atoms with van der Waals surface area (Å²) < 4.78 is 12.9. The normalized spacial score (nSPS) is 11.7. The fourth-order valence-electron chi connectivity index (χ4n) is 2.70. The van der Waals surface area contributed by atoms with Crippen LogP contribution in [0.2, 0.25) is 0 Å². The first-order valence-corrected chi connectivity index (χ1v) is 8.83. The molecule has 1 unspecified atom stereocenters. The number of likely N-dealkylation sites (N-methyl/N-ethyl adjacent to an activating group) is 1. The second-order valence-corrected chi connectivity index (χ2v) is 6.33. The van der Waals surface area contributed by atoms with E-state index in [1.807, 2.05) is 44.2 Å². The number of nitrogens with one attached hydrogen (secondary N) is 1. The van der Waals surface area contributed by atoms with Crippen molar-refractivity contribution in [2.24, 2.45) is 0 Å². The van der Waals surface area contributed by atoms with Crippen LogP contribution < -0.4 is 5.32 Å². The summed E-state index contributed by atoms with van der Waals surface area (Å²) in [6.45, 7) is 4.68. The van der Waals surface area contributed by atoms with Crippen LogP contribution in [-0.2, 0) is 16.1 Å². The number of rotatable bonds is 8. The van der Waals surface area contributed by atoms with Crippen molar-refractivity contribution in [2.75, 3.05) is 13.1 Å². The molecule has 0 aromatic heterocycles. The van der Waals surface area contributed by atoms with Gasteiger partial charge in [-0.25, -0.2) is 4.39 Å². The van der Waals surface area contributed by atoms with E-state index in [1.165, 1.54) is 12.1 Å². The largest absolute Gasteiger partial charge is 0.350 e. The van der Waals surface area contributed by atoms with Gasteiger partial charge >= 0.3 is 0 Å². The molecule has 0 saturated heterocycles. The van der Waals surface area contributed by atoms with Gasteiger partial charge in [-0.2, -0.15) is 0 Å². The van der Waals surface area contributed by atoms with E-state index < -0.39 is 0 Å². The van der Waals surface area contributed by atoms with Crippen LogP contribution in [0.3, 0.4) is 0 Å². The summed E-state index contributed by atoms with van der Waals surface area (Å²) in [5.74, 6) is -0.479. The molecule has 1 N–H and O–H groups in total. The molecule has 0 heterocycles. The maximum Gasteiger partial charge on any atom is 0.239 e. The van der Waals surface area contributed by atoms with E-state index in [2.05, 4.69) is 5.32 Å². The maximum atomic E-state index is 12.9. The predicted octanol–water partition coefficient (Wildman–Crippen LogP) is 3.48. The van der Waals surface area contributed by atoms with Gasteiger partial charge in [-0.1, -0.05) is 49.4 Å². The number of carbonyl (C=O) groups excluding carboxylic acids is 2. The maximum absolute atomic E-state index is 12.9. The second-order valence-electron chi connectivity index (χ2n) is 6.33. The summed E-state index contributed by atoms with van der Waals surface area (Å²) in [6.07, 6.45) is 0.364.